The standard InChI is InChI=1S/C21H25NO4/c1-5-26-20(25)17-12(2)22-15-10-21(3,4)11-16(24)19(15)18(17)13-6-8-14(23)9-7-13/h6-10,18-19,22-23H,5,11H2,1-4H3. The molecule has 0 fully saturated rings. The van der Waals surface area contributed by atoms with E-state index in [4.69, 9.17) is 4.74 Å². The molecule has 26 heavy (non-hydrogen) atoms. The number of carbonyl (C=O) groups is 2. The van der Waals surface area contributed by atoms with Crippen LogP contribution in [0.5, 0.6) is 5.75 Å². The number of carbonyl (C=O) groups excluding carboxylic acids is 2. The van der Waals surface area contributed by atoms with Crippen molar-refractivity contribution in [1.29, 1.82) is 0 Å². The van der Waals surface area contributed by atoms with Gasteiger partial charge in [-0.05, 0) is 37.0 Å². The van der Waals surface area contributed by atoms with Gasteiger partial charge in [-0.1, -0.05) is 32.1 Å². The maximum atomic E-state index is 13.0. The SMILES string of the molecule is CCOC(=O)C1=C(C)NC2=CC(C)(C)CC(=O)C2C1c1ccc(O)cc1. The molecule has 2 aliphatic rings. The Bertz CT molecular complexity index is 802. The van der Waals surface area contributed by atoms with Crippen molar-refractivity contribution in [2.45, 2.75) is 40.0 Å². The Labute approximate surface area is 153 Å². The van der Waals surface area contributed by atoms with Gasteiger partial charge in [-0.25, -0.2) is 4.79 Å². The van der Waals surface area contributed by atoms with E-state index in [-0.39, 0.29) is 23.6 Å². The highest BCUT2D eigenvalue weighted by Crippen LogP contribution is 2.47. The van der Waals surface area contributed by atoms with Crippen LogP contribution in [0.25, 0.3) is 0 Å². The van der Waals surface area contributed by atoms with Crippen LogP contribution in [0.1, 0.15) is 45.6 Å². The van der Waals surface area contributed by atoms with Crippen LogP contribution in [0, 0.1) is 11.3 Å². The van der Waals surface area contributed by atoms with Crippen LogP contribution < -0.4 is 5.32 Å². The van der Waals surface area contributed by atoms with E-state index in [1.165, 1.54) is 0 Å². The van der Waals surface area contributed by atoms with E-state index in [0.717, 1.165) is 11.3 Å². The van der Waals surface area contributed by atoms with Gasteiger partial charge in [-0.2, -0.15) is 0 Å². The van der Waals surface area contributed by atoms with Crippen LogP contribution in [0.15, 0.2) is 47.3 Å². The fourth-order valence-corrected chi connectivity index (χ4v) is 3.99. The second-order valence-corrected chi connectivity index (χ2v) is 7.66. The first-order chi connectivity index (χ1) is 12.2. The smallest absolute Gasteiger partial charge is 0.336 e. The quantitative estimate of drug-likeness (QED) is 0.813. The molecule has 138 valence electrons. The molecule has 0 amide bonds. The Hall–Kier alpha value is -2.56. The zero-order valence-electron chi connectivity index (χ0n) is 15.6. The highest BCUT2D eigenvalue weighted by atomic mass is 16.5. The Kier molecular flexibility index (Phi) is 4.65. The van der Waals surface area contributed by atoms with Gasteiger partial charge >= 0.3 is 5.97 Å². The molecule has 0 aromatic heterocycles. The van der Waals surface area contributed by atoms with Crippen LogP contribution >= 0.6 is 0 Å². The summed E-state index contributed by atoms with van der Waals surface area (Å²) in [5.41, 5.74) is 2.62. The third kappa shape index (κ3) is 3.26. The van der Waals surface area contributed by atoms with Gasteiger partial charge in [0.15, 0.2) is 0 Å². The second-order valence-electron chi connectivity index (χ2n) is 7.66. The van der Waals surface area contributed by atoms with E-state index in [1.54, 1.807) is 31.2 Å². The lowest BCUT2D eigenvalue weighted by atomic mass is 9.66. The number of ketones is 1. The first-order valence-corrected chi connectivity index (χ1v) is 8.93. The Morgan fingerprint density at radius 3 is 2.54 bits per heavy atom. The van der Waals surface area contributed by atoms with Gasteiger partial charge in [0, 0.05) is 23.7 Å². The number of aromatic hydroxyl groups is 1. The number of fused-ring (bicyclic) bond motifs is 1. The molecule has 0 saturated carbocycles. The summed E-state index contributed by atoms with van der Waals surface area (Å²) >= 11 is 0. The van der Waals surface area contributed by atoms with E-state index < -0.39 is 17.8 Å². The van der Waals surface area contributed by atoms with Crippen molar-refractivity contribution in [2.75, 3.05) is 6.61 Å². The van der Waals surface area contributed by atoms with E-state index in [0.29, 0.717) is 17.7 Å². The van der Waals surface area contributed by atoms with Crippen molar-refractivity contribution in [1.82, 2.24) is 5.32 Å². The Morgan fingerprint density at radius 1 is 1.27 bits per heavy atom. The predicted molar refractivity (Wildman–Crippen MR) is 98.3 cm³/mol. The monoisotopic (exact) mass is 355 g/mol. The molecule has 1 aliphatic heterocycles. The van der Waals surface area contributed by atoms with Crippen molar-refractivity contribution in [2.24, 2.45) is 11.3 Å². The fourth-order valence-electron chi connectivity index (χ4n) is 3.99. The summed E-state index contributed by atoms with van der Waals surface area (Å²) in [6.07, 6.45) is 2.52. The molecule has 0 spiro atoms. The number of phenolic OH excluding ortho intramolecular Hbond substituents is 1. The molecule has 0 saturated heterocycles. The van der Waals surface area contributed by atoms with Crippen LogP contribution in [0.2, 0.25) is 0 Å². The number of allylic oxidation sites excluding steroid dienone is 3. The summed E-state index contributed by atoms with van der Waals surface area (Å²) in [6, 6.07) is 6.69. The normalized spacial score (nSPS) is 24.5. The predicted octanol–water partition coefficient (Wildman–Crippen LogP) is 3.42. The number of phenols is 1. The highest BCUT2D eigenvalue weighted by Gasteiger charge is 2.46. The number of esters is 1. The average Bonchev–Trinajstić information content (AvgIpc) is 2.53. The van der Waals surface area contributed by atoms with Gasteiger partial charge in [0.2, 0.25) is 0 Å². The van der Waals surface area contributed by atoms with E-state index in [1.807, 2.05) is 20.8 Å². The van der Waals surface area contributed by atoms with Gasteiger partial charge in [-0.3, -0.25) is 4.79 Å². The highest BCUT2D eigenvalue weighted by molar-refractivity contribution is 5.96. The number of rotatable bonds is 3. The van der Waals surface area contributed by atoms with Crippen LogP contribution in [0.4, 0.5) is 0 Å². The van der Waals surface area contributed by atoms with Gasteiger partial charge in [0.05, 0.1) is 18.1 Å². The lowest BCUT2D eigenvalue weighted by Gasteiger charge is -2.41. The van der Waals surface area contributed by atoms with Gasteiger partial charge < -0.3 is 15.2 Å². The summed E-state index contributed by atoms with van der Waals surface area (Å²) in [4.78, 5) is 25.7. The first kappa shape index (κ1) is 18.2. The topological polar surface area (TPSA) is 75.6 Å². The van der Waals surface area contributed by atoms with Crippen molar-refractivity contribution in [3.05, 3.63) is 52.9 Å². The second kappa shape index (κ2) is 6.63. The first-order valence-electron chi connectivity index (χ1n) is 8.93. The minimum atomic E-state index is -0.448. The minimum Gasteiger partial charge on any atom is -0.508 e. The number of ether oxygens (including phenoxy) is 1. The molecule has 0 bridgehead atoms. The van der Waals surface area contributed by atoms with Crippen molar-refractivity contribution in [3.63, 3.8) is 0 Å². The number of benzene rings is 1. The zero-order chi connectivity index (χ0) is 19.1. The van der Waals surface area contributed by atoms with Crippen LogP contribution in [0.3, 0.4) is 0 Å². The molecule has 5 heteroatoms. The van der Waals surface area contributed by atoms with E-state index >= 15 is 0 Å². The van der Waals surface area contributed by atoms with Crippen molar-refractivity contribution < 1.29 is 19.4 Å². The molecule has 2 unspecified atom stereocenters. The summed E-state index contributed by atoms with van der Waals surface area (Å²) < 4.78 is 5.27. The summed E-state index contributed by atoms with van der Waals surface area (Å²) in [5.74, 6) is -1.03. The molecule has 1 aliphatic carbocycles. The largest absolute Gasteiger partial charge is 0.508 e. The average molecular weight is 355 g/mol. The van der Waals surface area contributed by atoms with Crippen LogP contribution in [-0.4, -0.2) is 23.5 Å². The molecule has 2 N–H and O–H groups in total. The number of hydrogen-bond donors (Lipinski definition) is 2. The molecule has 1 aromatic rings. The van der Waals surface area contributed by atoms with Crippen molar-refractivity contribution >= 4 is 11.8 Å². The molecular weight excluding hydrogens is 330 g/mol. The third-order valence-electron chi connectivity index (χ3n) is 4.99. The molecule has 1 heterocycles. The lowest BCUT2D eigenvalue weighted by Crippen LogP contribution is -2.43. The molecule has 5 nitrogen and oxygen atoms in total. The maximum Gasteiger partial charge on any atom is 0.336 e. The Morgan fingerprint density at radius 2 is 1.92 bits per heavy atom. The molecule has 0 radical (unpaired) electrons. The summed E-state index contributed by atoms with van der Waals surface area (Å²) in [7, 11) is 0. The summed E-state index contributed by atoms with van der Waals surface area (Å²) in [5, 5.41) is 12.9. The van der Waals surface area contributed by atoms with E-state index in [2.05, 4.69) is 11.4 Å². The number of hydrogen-bond acceptors (Lipinski definition) is 5. The maximum absolute atomic E-state index is 13.0. The third-order valence-corrected chi connectivity index (χ3v) is 4.99. The number of Topliss-reactive ketones (excluding diaryl/α,β-unsaturated/α-hetero) is 1. The molecule has 2 atom stereocenters. The molecule has 1 aromatic carbocycles. The van der Waals surface area contributed by atoms with Crippen molar-refractivity contribution in [3.8, 4) is 5.75 Å². The Balaban J connectivity index is 2.18. The van der Waals surface area contributed by atoms with Gasteiger partial charge in [0.25, 0.3) is 0 Å². The zero-order valence-corrected chi connectivity index (χ0v) is 15.6. The number of nitrogens with one attached hydrogen (secondary N) is 1. The van der Waals surface area contributed by atoms with Gasteiger partial charge in [0.1, 0.15) is 11.5 Å². The molecular formula is C21H25NO4. The molecule has 3 rings (SSSR count). The summed E-state index contributed by atoms with van der Waals surface area (Å²) in [6.45, 7) is 7.94. The lowest BCUT2D eigenvalue weighted by molar-refractivity contribution is -0.139. The fraction of sp³-hybridized carbons (Fsp3) is 0.429. The van der Waals surface area contributed by atoms with Gasteiger partial charge in [-0.15, -0.1) is 0 Å². The van der Waals surface area contributed by atoms with E-state index in [9.17, 15) is 14.7 Å². The van der Waals surface area contributed by atoms with Crippen LogP contribution in [-0.2, 0) is 14.3 Å². The minimum absolute atomic E-state index is 0.104.